The molecule has 2 atom stereocenters. The maximum atomic E-state index is 12.1. The Morgan fingerprint density at radius 3 is 1.72 bits per heavy atom. The fourth-order valence-corrected chi connectivity index (χ4v) is 7.39. The second-order valence-corrected chi connectivity index (χ2v) is 16.5. The van der Waals surface area contributed by atoms with Gasteiger partial charge in [0.2, 0.25) is 0 Å². The normalized spacial score (nSPS) is 18.3. The molecule has 2 amide bonds. The summed E-state index contributed by atoms with van der Waals surface area (Å²) in [5, 5.41) is 42.0. The molecule has 4 heterocycles. The van der Waals surface area contributed by atoms with Gasteiger partial charge in [0.25, 0.3) is 11.4 Å². The van der Waals surface area contributed by atoms with Crippen molar-refractivity contribution in [3.8, 4) is 0 Å². The zero-order valence-electron chi connectivity index (χ0n) is 32.0. The monoisotopic (exact) mass is 748 g/mol. The number of hydrogen-bond donors (Lipinski definition) is 1. The molecule has 0 saturated carbocycles. The van der Waals surface area contributed by atoms with Crippen molar-refractivity contribution >= 4 is 45.4 Å². The molecule has 0 radical (unpaired) electrons. The number of nitro benzene ring substituents is 2. The molecule has 4 aromatic rings. The Labute approximate surface area is 314 Å². The third-order valence-electron chi connectivity index (χ3n) is 10.4. The number of carbonyl (C=O) groups is 2. The number of carboxylic acid groups (broad SMARTS) is 1. The van der Waals surface area contributed by atoms with Crippen LogP contribution in [-0.2, 0) is 17.8 Å². The van der Waals surface area contributed by atoms with Crippen LogP contribution in [0.15, 0.2) is 48.8 Å². The third kappa shape index (κ3) is 10.0. The lowest BCUT2D eigenvalue weighted by Crippen LogP contribution is -2.51. The first-order chi connectivity index (χ1) is 25.4. The van der Waals surface area contributed by atoms with Gasteiger partial charge in [-0.2, -0.15) is 10.2 Å². The van der Waals surface area contributed by atoms with Gasteiger partial charge in [-0.1, -0.05) is 20.8 Å². The van der Waals surface area contributed by atoms with Crippen LogP contribution in [0, 0.1) is 37.5 Å². The van der Waals surface area contributed by atoms with Crippen LogP contribution in [0.3, 0.4) is 0 Å². The highest BCUT2D eigenvalue weighted by Crippen LogP contribution is 2.36. The Morgan fingerprint density at radius 2 is 1.28 bits per heavy atom. The van der Waals surface area contributed by atoms with Crippen molar-refractivity contribution in [3.05, 3.63) is 69.0 Å². The summed E-state index contributed by atoms with van der Waals surface area (Å²) in [7, 11) is 0. The molecule has 0 bridgehead atoms. The van der Waals surface area contributed by atoms with E-state index in [1.165, 1.54) is 12.1 Å². The lowest BCUT2D eigenvalue weighted by molar-refractivity contribution is -0.384. The Morgan fingerprint density at radius 1 is 0.796 bits per heavy atom. The summed E-state index contributed by atoms with van der Waals surface area (Å²) in [4.78, 5) is 48.3. The Kier molecular flexibility index (Phi) is 12.1. The van der Waals surface area contributed by atoms with Gasteiger partial charge in [-0.05, 0) is 88.7 Å². The van der Waals surface area contributed by atoms with Crippen LogP contribution in [0.5, 0.6) is 0 Å². The van der Waals surface area contributed by atoms with Gasteiger partial charge in [0, 0.05) is 73.8 Å². The zero-order valence-corrected chi connectivity index (χ0v) is 32.0. The molecule has 2 aliphatic heterocycles. The lowest BCUT2D eigenvalue weighted by Gasteiger charge is -2.44. The van der Waals surface area contributed by atoms with Crippen LogP contribution >= 0.6 is 0 Å². The maximum Gasteiger partial charge on any atom is 0.410 e. The first kappa shape index (κ1) is 39.9. The number of aryl methyl sites for hydroxylation is 2. The van der Waals surface area contributed by atoms with Crippen LogP contribution in [0.4, 0.5) is 21.0 Å². The van der Waals surface area contributed by atoms with Crippen LogP contribution in [0.2, 0.25) is 0 Å². The third-order valence-corrected chi connectivity index (χ3v) is 10.4. The summed E-state index contributed by atoms with van der Waals surface area (Å²) in [6.07, 6.45) is 7.70. The van der Waals surface area contributed by atoms with E-state index >= 15 is 0 Å². The highest BCUT2D eigenvalue weighted by molar-refractivity contribution is 5.81. The molecule has 0 spiro atoms. The molecule has 16 nitrogen and oxygen atoms in total. The number of amides is 2. The molecular formula is C38H52N8O8. The summed E-state index contributed by atoms with van der Waals surface area (Å²) < 4.78 is 9.08. The number of nitrogens with zero attached hydrogens (tertiary/aromatic N) is 8. The minimum Gasteiger partial charge on any atom is -0.465 e. The average Bonchev–Trinajstić information content (AvgIpc) is 3.72. The summed E-state index contributed by atoms with van der Waals surface area (Å²) >= 11 is 0. The smallest absolute Gasteiger partial charge is 0.410 e. The van der Waals surface area contributed by atoms with E-state index in [1.807, 2.05) is 30.1 Å². The van der Waals surface area contributed by atoms with Crippen molar-refractivity contribution < 1.29 is 29.3 Å². The first-order valence-corrected chi connectivity index (χ1v) is 18.6. The van der Waals surface area contributed by atoms with Gasteiger partial charge < -0.3 is 19.6 Å². The number of rotatable bonds is 8. The minimum atomic E-state index is -0.848. The molecule has 6 rings (SSSR count). The van der Waals surface area contributed by atoms with E-state index in [2.05, 4.69) is 31.0 Å². The van der Waals surface area contributed by atoms with Gasteiger partial charge >= 0.3 is 12.2 Å². The molecule has 2 aliphatic rings. The van der Waals surface area contributed by atoms with Gasteiger partial charge in [0.15, 0.2) is 0 Å². The predicted molar refractivity (Wildman–Crippen MR) is 203 cm³/mol. The van der Waals surface area contributed by atoms with Crippen LogP contribution in [0.1, 0.15) is 80.1 Å². The SMILES string of the molecule is CC(C)(C)C1CC(CCn2ncc3ccc([N+](=O)[O-])cc32)CCN1C(=O)O.CC(C)(C)OC(=O)N1CCC(CCn2ncc3ccc([N+](=O)[O-])cc32)CC1. The van der Waals surface area contributed by atoms with E-state index in [0.717, 1.165) is 60.3 Å². The zero-order chi connectivity index (χ0) is 39.4. The number of carbonyl (C=O) groups excluding carboxylic acids is 1. The van der Waals surface area contributed by atoms with Crippen molar-refractivity contribution in [2.75, 3.05) is 19.6 Å². The molecule has 0 aliphatic carbocycles. The predicted octanol–water partition coefficient (Wildman–Crippen LogP) is 8.12. The Hall–Kier alpha value is -5.28. The number of benzene rings is 2. The van der Waals surface area contributed by atoms with Crippen molar-refractivity contribution in [1.82, 2.24) is 29.4 Å². The molecule has 54 heavy (non-hydrogen) atoms. The molecular weight excluding hydrogens is 696 g/mol. The number of piperidine rings is 2. The van der Waals surface area contributed by atoms with Gasteiger partial charge in [0.05, 0.1) is 33.3 Å². The minimum absolute atomic E-state index is 0.01000. The molecule has 2 aromatic heterocycles. The van der Waals surface area contributed by atoms with Gasteiger partial charge in [-0.25, -0.2) is 9.59 Å². The molecule has 292 valence electrons. The summed E-state index contributed by atoms with van der Waals surface area (Å²) in [5.41, 5.74) is 1.10. The molecule has 1 N–H and O–H groups in total. The molecule has 2 unspecified atom stereocenters. The number of aromatic nitrogens is 4. The molecule has 2 fully saturated rings. The number of fused-ring (bicyclic) bond motifs is 2. The average molecular weight is 749 g/mol. The van der Waals surface area contributed by atoms with E-state index in [4.69, 9.17) is 4.74 Å². The quantitative estimate of drug-likeness (QED) is 0.136. The molecule has 16 heteroatoms. The van der Waals surface area contributed by atoms with Crippen molar-refractivity contribution in [1.29, 1.82) is 0 Å². The number of non-ortho nitro benzene ring substituents is 2. The van der Waals surface area contributed by atoms with E-state index in [1.54, 1.807) is 46.5 Å². The molecule has 2 saturated heterocycles. The van der Waals surface area contributed by atoms with Crippen LogP contribution in [-0.4, -0.2) is 87.8 Å². The summed E-state index contributed by atoms with van der Waals surface area (Å²) in [5.74, 6) is 0.907. The number of nitro groups is 2. The Bertz CT molecular complexity index is 1970. The largest absolute Gasteiger partial charge is 0.465 e. The van der Waals surface area contributed by atoms with Crippen molar-refractivity contribution in [2.24, 2.45) is 17.3 Å². The van der Waals surface area contributed by atoms with Crippen molar-refractivity contribution in [2.45, 2.75) is 105 Å². The second kappa shape index (κ2) is 16.4. The highest BCUT2D eigenvalue weighted by Gasteiger charge is 2.38. The van der Waals surface area contributed by atoms with E-state index in [0.29, 0.717) is 44.6 Å². The first-order valence-electron chi connectivity index (χ1n) is 18.6. The van der Waals surface area contributed by atoms with Gasteiger partial charge in [-0.15, -0.1) is 0 Å². The standard InChI is InChI=1S/2C19H26N4O4/c1-19(2,3)27-18(24)21-9-6-14(7-10-21)8-11-22-17-12-16(23(25)26)5-4-15(17)13-20-22;1-19(2,3)17-10-13(6-8-21(17)18(24)25)7-9-22-16-11-15(23(26)27)5-4-14(16)12-20-22/h4-5,12-14H,6-11H2,1-3H3;4-5,11-13,17H,6-10H2,1-3H3,(H,24,25). The summed E-state index contributed by atoms with van der Waals surface area (Å²) in [6.45, 7) is 15.2. The maximum absolute atomic E-state index is 12.1. The fourth-order valence-electron chi connectivity index (χ4n) is 7.39. The van der Waals surface area contributed by atoms with Crippen LogP contribution < -0.4 is 0 Å². The van der Waals surface area contributed by atoms with Gasteiger partial charge in [0.1, 0.15) is 5.60 Å². The topological polar surface area (TPSA) is 192 Å². The lowest BCUT2D eigenvalue weighted by atomic mass is 9.76. The van der Waals surface area contributed by atoms with Crippen LogP contribution in [0.25, 0.3) is 21.8 Å². The number of ether oxygens (including phenoxy) is 1. The highest BCUT2D eigenvalue weighted by atomic mass is 16.6. The number of hydrogen-bond acceptors (Lipinski definition) is 9. The van der Waals surface area contributed by atoms with Gasteiger partial charge in [-0.3, -0.25) is 29.6 Å². The van der Waals surface area contributed by atoms with E-state index < -0.39 is 16.6 Å². The van der Waals surface area contributed by atoms with E-state index in [-0.39, 0.29) is 33.8 Å². The summed E-state index contributed by atoms with van der Waals surface area (Å²) in [6, 6.07) is 9.57. The van der Waals surface area contributed by atoms with Crippen molar-refractivity contribution in [3.63, 3.8) is 0 Å². The second-order valence-electron chi connectivity index (χ2n) is 16.5. The molecule has 2 aromatic carbocycles. The fraction of sp³-hybridized carbons (Fsp3) is 0.579. The van der Waals surface area contributed by atoms with E-state index in [9.17, 15) is 34.9 Å². The number of likely N-dealkylation sites (tertiary alicyclic amines) is 2. The Balaban J connectivity index is 0.000000208.